The number of H-pyrrole nitrogens is 1. The molecule has 1 saturated heterocycles. The van der Waals surface area contributed by atoms with Crippen molar-refractivity contribution in [1.82, 2.24) is 19.5 Å². The predicted octanol–water partition coefficient (Wildman–Crippen LogP) is -0.722. The van der Waals surface area contributed by atoms with Gasteiger partial charge in [-0.25, -0.2) is 23.1 Å². The van der Waals surface area contributed by atoms with Gasteiger partial charge in [0, 0.05) is 0 Å². The number of nitrogen functional groups attached to an aromatic ring is 1. The summed E-state index contributed by atoms with van der Waals surface area (Å²) in [4.78, 5) is 57.8. The summed E-state index contributed by atoms with van der Waals surface area (Å²) in [7, 11) is -16.9. The van der Waals surface area contributed by atoms with Crippen LogP contribution in [0, 0.1) is 5.92 Å². The third-order valence-electron chi connectivity index (χ3n) is 4.49. The smallest absolute Gasteiger partial charge is 0.390 e. The average Bonchev–Trinajstić information content (AvgIpc) is 3.17. The number of aliphatic hydroxyl groups excluding tert-OH is 1. The molecule has 1 fully saturated rings. The molecule has 2 aromatic heterocycles. The number of nitrogens with one attached hydrogen (secondary N) is 1. The Hall–Kier alpha value is -1.59. The van der Waals surface area contributed by atoms with E-state index in [1.807, 2.05) is 0 Å². The molecule has 0 bridgehead atoms. The highest BCUT2D eigenvalue weighted by Gasteiger charge is 2.49. The second kappa shape index (κ2) is 9.46. The maximum Gasteiger partial charge on any atom is 0.490 e. The van der Waals surface area contributed by atoms with Crippen LogP contribution in [0.3, 0.4) is 0 Å². The first-order chi connectivity index (χ1) is 15.5. The van der Waals surface area contributed by atoms with Crippen LogP contribution in [-0.2, 0) is 31.6 Å². The number of hydrogen-bond donors (Lipinski definition) is 7. The zero-order valence-electron chi connectivity index (χ0n) is 16.8. The Balaban J connectivity index is 1.80. The predicted molar refractivity (Wildman–Crippen MR) is 106 cm³/mol. The van der Waals surface area contributed by atoms with Crippen LogP contribution in [0.25, 0.3) is 11.2 Å². The summed E-state index contributed by atoms with van der Waals surface area (Å²) in [6.45, 7) is 0.0655. The number of phosphoric acid groups is 3. The molecule has 0 radical (unpaired) electrons. The molecule has 1 aliphatic heterocycles. The molecule has 3 heterocycles. The molecule has 18 nitrogen and oxygen atoms in total. The number of alkyl halides is 1. The number of fused-ring (bicyclic) bond motifs is 1. The number of aromatic nitrogens is 4. The molecule has 3 rings (SSSR count). The fourth-order valence-electron chi connectivity index (χ4n) is 3.25. The fourth-order valence-corrected chi connectivity index (χ4v) is 6.28. The van der Waals surface area contributed by atoms with Crippen molar-refractivity contribution in [2.75, 3.05) is 12.3 Å². The first kappa shape index (κ1) is 27.0. The molecule has 0 aliphatic carbocycles. The van der Waals surface area contributed by atoms with Gasteiger partial charge < -0.3 is 35.2 Å². The van der Waals surface area contributed by atoms with Crippen molar-refractivity contribution in [2.24, 2.45) is 5.92 Å². The van der Waals surface area contributed by atoms with Crippen molar-refractivity contribution < 1.29 is 60.6 Å². The van der Waals surface area contributed by atoms with Gasteiger partial charge in [-0.2, -0.15) is 13.6 Å². The van der Waals surface area contributed by atoms with Crippen LogP contribution in [-0.4, -0.2) is 69.2 Å². The number of aliphatic hydroxyl groups is 1. The van der Waals surface area contributed by atoms with Crippen molar-refractivity contribution in [3.05, 3.63) is 16.7 Å². The molecular formula is C12H19FN5O13P3. The van der Waals surface area contributed by atoms with Gasteiger partial charge >= 0.3 is 23.5 Å². The Morgan fingerprint density at radius 2 is 1.91 bits per heavy atom. The number of ether oxygens (including phenoxy) is 1. The monoisotopic (exact) mass is 553 g/mol. The van der Waals surface area contributed by atoms with Crippen molar-refractivity contribution >= 4 is 40.6 Å². The lowest BCUT2D eigenvalue weighted by Crippen LogP contribution is -2.34. The molecule has 0 spiro atoms. The molecule has 0 amide bonds. The lowest BCUT2D eigenvalue weighted by Gasteiger charge is -2.22. The summed E-state index contributed by atoms with van der Waals surface area (Å²) in [5, 5.41) is 10.5. The zero-order chi connectivity index (χ0) is 25.6. The largest absolute Gasteiger partial charge is 0.490 e. The summed E-state index contributed by atoms with van der Waals surface area (Å²) in [5.41, 5.74) is 4.53. The topological polar surface area (TPSA) is 279 Å². The highest BCUT2D eigenvalue weighted by atomic mass is 31.3. The number of imidazole rings is 1. The lowest BCUT2D eigenvalue weighted by molar-refractivity contribution is -0.0461. The first-order valence-corrected chi connectivity index (χ1v) is 13.5. The average molecular weight is 553 g/mol. The van der Waals surface area contributed by atoms with Crippen LogP contribution in [0.4, 0.5) is 10.3 Å². The van der Waals surface area contributed by atoms with Crippen LogP contribution < -0.4 is 11.3 Å². The summed E-state index contributed by atoms with van der Waals surface area (Å²) < 4.78 is 66.6. The number of phosphoric ester groups is 1. The van der Waals surface area contributed by atoms with Crippen molar-refractivity contribution in [1.29, 1.82) is 0 Å². The standard InChI is InChI=1S/C12H19FN5O13P3/c1-4(13)6-8(19)5(2-28-33(24,25)31-34(26,27)30-32(21,22)23)29-11(6)18-3-15-7-9(18)16-12(14)17-10(7)20/h3-6,8,11,19H,2H2,1H3,(H,24,25)(H,26,27)(H2,21,22,23)(H3,14,16,17,20)/t4?,5-,6?,8-,11-/m1/s1. The van der Waals surface area contributed by atoms with E-state index in [0.717, 1.165) is 17.8 Å². The number of anilines is 1. The third-order valence-corrected chi connectivity index (χ3v) is 8.29. The lowest BCUT2D eigenvalue weighted by atomic mass is 9.95. The Kier molecular flexibility index (Phi) is 7.51. The Labute approximate surface area is 187 Å². The van der Waals surface area contributed by atoms with Crippen LogP contribution in [0.2, 0.25) is 0 Å². The minimum absolute atomic E-state index is 0.113. The summed E-state index contributed by atoms with van der Waals surface area (Å²) in [6.07, 6.45) is -5.25. The third kappa shape index (κ3) is 6.15. The molecule has 1 aliphatic rings. The maximum absolute atomic E-state index is 14.4. The summed E-state index contributed by atoms with van der Waals surface area (Å²) in [6, 6.07) is 0. The molecule has 4 unspecified atom stereocenters. The van der Waals surface area contributed by atoms with Crippen molar-refractivity contribution in [2.45, 2.75) is 31.5 Å². The molecule has 192 valence electrons. The van der Waals surface area contributed by atoms with Gasteiger partial charge in [0.2, 0.25) is 5.95 Å². The van der Waals surface area contributed by atoms with Gasteiger partial charge in [0.25, 0.3) is 5.56 Å². The van der Waals surface area contributed by atoms with E-state index in [9.17, 15) is 37.8 Å². The first-order valence-electron chi connectivity index (χ1n) is 8.98. The van der Waals surface area contributed by atoms with Gasteiger partial charge in [0.05, 0.1) is 25.0 Å². The van der Waals surface area contributed by atoms with E-state index in [-0.39, 0.29) is 17.1 Å². The van der Waals surface area contributed by atoms with Crippen LogP contribution >= 0.6 is 23.5 Å². The Morgan fingerprint density at radius 1 is 1.26 bits per heavy atom. The number of halogens is 1. The highest BCUT2D eigenvalue weighted by Crippen LogP contribution is 2.66. The normalized spacial score (nSPS) is 28.0. The summed E-state index contributed by atoms with van der Waals surface area (Å²) >= 11 is 0. The van der Waals surface area contributed by atoms with E-state index in [0.29, 0.717) is 0 Å². The number of nitrogens with zero attached hydrogens (tertiary/aromatic N) is 3. The van der Waals surface area contributed by atoms with Crippen molar-refractivity contribution in [3.8, 4) is 0 Å². The number of hydrogen-bond acceptors (Lipinski definition) is 12. The quantitative estimate of drug-likeness (QED) is 0.189. The van der Waals surface area contributed by atoms with Crippen molar-refractivity contribution in [3.63, 3.8) is 0 Å². The van der Waals surface area contributed by atoms with Gasteiger partial charge in [-0.3, -0.25) is 18.9 Å². The SMILES string of the molecule is CC(F)C1[C@H](n2cnc3c(=O)[nH]c(N)nc32)O[C@H](COP(=O)(O)OP(=O)(O)OP(=O)(O)O)[C@H]1O. The number of aromatic amines is 1. The Morgan fingerprint density at radius 3 is 2.50 bits per heavy atom. The molecule has 34 heavy (non-hydrogen) atoms. The van der Waals surface area contributed by atoms with Gasteiger partial charge in [0.1, 0.15) is 18.5 Å². The molecule has 7 atom stereocenters. The van der Waals surface area contributed by atoms with E-state index >= 15 is 0 Å². The van der Waals surface area contributed by atoms with Crippen LogP contribution in [0.1, 0.15) is 13.2 Å². The van der Waals surface area contributed by atoms with Gasteiger partial charge in [-0.05, 0) is 6.92 Å². The van der Waals surface area contributed by atoms with E-state index in [2.05, 4.69) is 28.1 Å². The summed E-state index contributed by atoms with van der Waals surface area (Å²) in [5.74, 6) is -1.62. The zero-order valence-corrected chi connectivity index (χ0v) is 19.5. The van der Waals surface area contributed by atoms with E-state index in [1.54, 1.807) is 0 Å². The van der Waals surface area contributed by atoms with Gasteiger partial charge in [-0.1, -0.05) is 0 Å². The van der Waals surface area contributed by atoms with Crippen LogP contribution in [0.15, 0.2) is 11.1 Å². The molecule has 22 heteroatoms. The molecule has 0 saturated carbocycles. The molecule has 8 N–H and O–H groups in total. The molecular weight excluding hydrogens is 534 g/mol. The maximum atomic E-state index is 14.4. The molecule has 0 aromatic carbocycles. The van der Waals surface area contributed by atoms with E-state index in [4.69, 9.17) is 20.3 Å². The fraction of sp³-hybridized carbons (Fsp3) is 0.583. The second-order valence-corrected chi connectivity index (χ2v) is 11.4. The number of rotatable bonds is 9. The van der Waals surface area contributed by atoms with E-state index < -0.39 is 66.2 Å². The van der Waals surface area contributed by atoms with Gasteiger partial charge in [-0.15, -0.1) is 0 Å². The Bertz CT molecular complexity index is 1260. The molecule has 2 aromatic rings. The second-order valence-electron chi connectivity index (χ2n) is 6.97. The van der Waals surface area contributed by atoms with Gasteiger partial charge in [0.15, 0.2) is 11.2 Å². The van der Waals surface area contributed by atoms with Crippen LogP contribution in [0.5, 0.6) is 0 Å². The highest BCUT2D eigenvalue weighted by molar-refractivity contribution is 7.66. The van der Waals surface area contributed by atoms with E-state index in [1.165, 1.54) is 0 Å². The minimum Gasteiger partial charge on any atom is -0.390 e. The minimum atomic E-state index is -5.76. The number of nitrogens with two attached hydrogens (primary N) is 1.